The number of hydrogen-bond acceptors (Lipinski definition) is 7. The molecule has 156 valence electrons. The molecule has 30 heavy (non-hydrogen) atoms. The fourth-order valence-corrected chi connectivity index (χ4v) is 5.17. The summed E-state index contributed by atoms with van der Waals surface area (Å²) in [5.74, 6) is 0.248. The van der Waals surface area contributed by atoms with Gasteiger partial charge in [0.15, 0.2) is 0 Å². The molecule has 1 aromatic heterocycles. The Kier molecular flexibility index (Phi) is 6.10. The van der Waals surface area contributed by atoms with Crippen LogP contribution in [0.2, 0.25) is 0 Å². The number of fused-ring (bicyclic) bond motifs is 1. The number of thiophene rings is 1. The zero-order valence-electron chi connectivity index (χ0n) is 16.2. The Morgan fingerprint density at radius 3 is 2.73 bits per heavy atom. The fraction of sp³-hybridized carbons (Fsp3) is 0.286. The SMILES string of the molecule is COc1ccc(COC(=O)C2=CCS[C@H]3C(NC(=O)Cc4cccs4)C(=O)N23)cc1. The molecule has 1 fully saturated rings. The number of hydrogen-bond donors (Lipinski definition) is 1. The van der Waals surface area contributed by atoms with Gasteiger partial charge >= 0.3 is 5.97 Å². The van der Waals surface area contributed by atoms with Crippen LogP contribution in [0.3, 0.4) is 0 Å². The van der Waals surface area contributed by atoms with Crippen LogP contribution < -0.4 is 10.1 Å². The first-order valence-electron chi connectivity index (χ1n) is 9.33. The van der Waals surface area contributed by atoms with Crippen LogP contribution in [0.15, 0.2) is 53.6 Å². The third-order valence-electron chi connectivity index (χ3n) is 4.82. The van der Waals surface area contributed by atoms with E-state index in [1.807, 2.05) is 29.6 Å². The molecule has 0 saturated carbocycles. The Hall–Kier alpha value is -2.78. The molecule has 2 aromatic rings. The van der Waals surface area contributed by atoms with Crippen LogP contribution in [0.5, 0.6) is 5.75 Å². The second-order valence-corrected chi connectivity index (χ2v) is 8.93. The smallest absolute Gasteiger partial charge is 0.355 e. The van der Waals surface area contributed by atoms with Crippen molar-refractivity contribution in [3.05, 3.63) is 64.0 Å². The van der Waals surface area contributed by atoms with Crippen LogP contribution in [0.4, 0.5) is 0 Å². The molecule has 7 nitrogen and oxygen atoms in total. The summed E-state index contributed by atoms with van der Waals surface area (Å²) in [7, 11) is 1.58. The van der Waals surface area contributed by atoms with Crippen LogP contribution in [0.25, 0.3) is 0 Å². The van der Waals surface area contributed by atoms with Gasteiger partial charge in [0.1, 0.15) is 29.5 Å². The van der Waals surface area contributed by atoms with Crippen molar-refractivity contribution in [1.82, 2.24) is 10.2 Å². The largest absolute Gasteiger partial charge is 0.497 e. The molecule has 0 spiro atoms. The summed E-state index contributed by atoms with van der Waals surface area (Å²) in [6.07, 6.45) is 1.94. The highest BCUT2D eigenvalue weighted by Gasteiger charge is 2.52. The molecule has 9 heteroatoms. The van der Waals surface area contributed by atoms with Crippen molar-refractivity contribution < 1.29 is 23.9 Å². The Balaban J connectivity index is 1.33. The zero-order chi connectivity index (χ0) is 21.1. The average Bonchev–Trinajstić information content (AvgIpc) is 3.28. The molecule has 0 aliphatic carbocycles. The molecule has 1 saturated heterocycles. The van der Waals surface area contributed by atoms with Gasteiger partial charge in [-0.25, -0.2) is 4.79 Å². The summed E-state index contributed by atoms with van der Waals surface area (Å²) in [5.41, 5.74) is 1.06. The lowest BCUT2D eigenvalue weighted by Crippen LogP contribution is -2.70. The van der Waals surface area contributed by atoms with E-state index in [0.717, 1.165) is 16.2 Å². The van der Waals surface area contributed by atoms with Crippen molar-refractivity contribution in [2.75, 3.05) is 12.9 Å². The van der Waals surface area contributed by atoms with Crippen molar-refractivity contribution in [2.24, 2.45) is 0 Å². The summed E-state index contributed by atoms with van der Waals surface area (Å²) < 4.78 is 10.5. The molecule has 2 amide bonds. The van der Waals surface area contributed by atoms with E-state index in [2.05, 4.69) is 5.32 Å². The van der Waals surface area contributed by atoms with Crippen LogP contribution >= 0.6 is 23.1 Å². The molecule has 0 bridgehead atoms. The zero-order valence-corrected chi connectivity index (χ0v) is 17.8. The summed E-state index contributed by atoms with van der Waals surface area (Å²) in [5, 5.41) is 4.41. The van der Waals surface area contributed by atoms with Crippen molar-refractivity contribution >= 4 is 40.9 Å². The van der Waals surface area contributed by atoms with Gasteiger partial charge in [0.05, 0.1) is 13.5 Å². The number of amides is 2. The Morgan fingerprint density at radius 1 is 1.23 bits per heavy atom. The van der Waals surface area contributed by atoms with Crippen molar-refractivity contribution in [2.45, 2.75) is 24.4 Å². The van der Waals surface area contributed by atoms with Gasteiger partial charge in [0.2, 0.25) is 5.91 Å². The third-order valence-corrected chi connectivity index (χ3v) is 6.88. The minimum Gasteiger partial charge on any atom is -0.497 e. The van der Waals surface area contributed by atoms with Crippen molar-refractivity contribution in [3.8, 4) is 5.75 Å². The van der Waals surface area contributed by atoms with Gasteiger partial charge in [-0.3, -0.25) is 14.5 Å². The molecule has 1 N–H and O–H groups in total. The summed E-state index contributed by atoms with van der Waals surface area (Å²) in [4.78, 5) is 39.8. The molecule has 2 atom stereocenters. The number of nitrogens with one attached hydrogen (secondary N) is 1. The van der Waals surface area contributed by atoms with Gasteiger partial charge in [-0.1, -0.05) is 18.2 Å². The van der Waals surface area contributed by atoms with Crippen LogP contribution in [0.1, 0.15) is 10.4 Å². The Morgan fingerprint density at radius 2 is 2.03 bits per heavy atom. The lowest BCUT2D eigenvalue weighted by molar-refractivity contribution is -0.153. The first-order chi connectivity index (χ1) is 14.6. The molecule has 3 heterocycles. The maximum absolute atomic E-state index is 12.6. The molecule has 1 unspecified atom stereocenters. The summed E-state index contributed by atoms with van der Waals surface area (Å²) >= 11 is 3.01. The number of carbonyl (C=O) groups is 3. The second-order valence-electron chi connectivity index (χ2n) is 6.75. The van der Waals surface area contributed by atoms with Gasteiger partial charge in [0.25, 0.3) is 5.91 Å². The number of ether oxygens (including phenoxy) is 2. The second kappa shape index (κ2) is 8.93. The number of rotatable bonds is 7. The predicted molar refractivity (Wildman–Crippen MR) is 114 cm³/mol. The number of benzene rings is 1. The number of thioether (sulfide) groups is 1. The van der Waals surface area contributed by atoms with Gasteiger partial charge in [-0.15, -0.1) is 23.1 Å². The third kappa shape index (κ3) is 4.22. The van der Waals surface area contributed by atoms with E-state index >= 15 is 0 Å². The van der Waals surface area contributed by atoms with E-state index in [1.165, 1.54) is 28.0 Å². The van der Waals surface area contributed by atoms with E-state index in [0.29, 0.717) is 5.75 Å². The Labute approximate surface area is 182 Å². The standard InChI is InChI=1S/C21H20N2O5S2/c1-27-14-6-4-13(5-7-14)12-28-21(26)16-8-10-30-20-18(19(25)23(16)20)22-17(24)11-15-3-2-9-29-15/h2-9,18,20H,10-12H2,1H3,(H,22,24)/t18?,20-/m0/s1. The monoisotopic (exact) mass is 444 g/mol. The molecular weight excluding hydrogens is 424 g/mol. The highest BCUT2D eigenvalue weighted by Crippen LogP contribution is 2.38. The van der Waals surface area contributed by atoms with Crippen molar-refractivity contribution in [3.63, 3.8) is 0 Å². The minimum atomic E-state index is -0.624. The quantitative estimate of drug-likeness (QED) is 0.521. The van der Waals surface area contributed by atoms with Gasteiger partial charge in [0, 0.05) is 10.6 Å². The maximum Gasteiger partial charge on any atom is 0.355 e. The van der Waals surface area contributed by atoms with E-state index in [4.69, 9.17) is 9.47 Å². The van der Waals surface area contributed by atoms with E-state index in [9.17, 15) is 14.4 Å². The number of nitrogens with zero attached hydrogens (tertiary/aromatic N) is 1. The fourth-order valence-electron chi connectivity index (χ4n) is 3.27. The van der Waals surface area contributed by atoms with E-state index in [-0.39, 0.29) is 35.9 Å². The first kappa shape index (κ1) is 20.5. The number of carbonyl (C=O) groups excluding carboxylic acids is 3. The molecule has 4 rings (SSSR count). The van der Waals surface area contributed by atoms with Gasteiger partial charge in [-0.2, -0.15) is 0 Å². The lowest BCUT2D eigenvalue weighted by atomic mass is 10.0. The number of β-lactam (4-membered cyclic amide) rings is 1. The molecule has 1 aromatic carbocycles. The summed E-state index contributed by atoms with van der Waals surface area (Å²) in [6.45, 7) is 0.0982. The van der Waals surface area contributed by atoms with Crippen LogP contribution in [-0.4, -0.2) is 47.0 Å². The maximum atomic E-state index is 12.6. The average molecular weight is 445 g/mol. The van der Waals surface area contributed by atoms with E-state index in [1.54, 1.807) is 25.3 Å². The van der Waals surface area contributed by atoms with Crippen LogP contribution in [0, 0.1) is 0 Å². The molecular formula is C21H20N2O5S2. The highest BCUT2D eigenvalue weighted by molar-refractivity contribution is 8.00. The molecule has 2 aliphatic rings. The first-order valence-corrected chi connectivity index (χ1v) is 11.3. The van der Waals surface area contributed by atoms with Crippen LogP contribution in [-0.2, 0) is 32.1 Å². The Bertz CT molecular complexity index is 972. The summed E-state index contributed by atoms with van der Waals surface area (Å²) in [6, 6.07) is 10.3. The molecule has 2 aliphatic heterocycles. The highest BCUT2D eigenvalue weighted by atomic mass is 32.2. The van der Waals surface area contributed by atoms with Gasteiger partial charge < -0.3 is 14.8 Å². The minimum absolute atomic E-state index is 0.0982. The van der Waals surface area contributed by atoms with Crippen molar-refractivity contribution in [1.29, 1.82) is 0 Å². The van der Waals surface area contributed by atoms with E-state index < -0.39 is 12.0 Å². The number of esters is 1. The van der Waals surface area contributed by atoms with Gasteiger partial charge in [-0.05, 0) is 35.2 Å². The predicted octanol–water partition coefficient (Wildman–Crippen LogP) is 2.33. The lowest BCUT2D eigenvalue weighted by Gasteiger charge is -2.48. The normalized spacial score (nSPS) is 20.0. The number of methoxy groups -OCH3 is 1. The topological polar surface area (TPSA) is 84.9 Å². The molecule has 0 radical (unpaired) electrons.